The molecule has 16 heavy (non-hydrogen) atoms. The van der Waals surface area contributed by atoms with E-state index in [-0.39, 0.29) is 6.54 Å². The van der Waals surface area contributed by atoms with Crippen LogP contribution in [0.15, 0.2) is 29.5 Å². The minimum absolute atomic E-state index is 0.249. The van der Waals surface area contributed by atoms with Crippen LogP contribution in [0.5, 0.6) is 0 Å². The lowest BCUT2D eigenvalue weighted by Crippen LogP contribution is -2.10. The van der Waals surface area contributed by atoms with Crippen molar-refractivity contribution in [3.8, 4) is 0 Å². The number of rotatable bonds is 3. The highest BCUT2D eigenvalue weighted by Crippen LogP contribution is 2.20. The second kappa shape index (κ2) is 3.96. The van der Waals surface area contributed by atoms with Crippen molar-refractivity contribution in [1.29, 1.82) is 0 Å². The van der Waals surface area contributed by atoms with E-state index in [1.165, 1.54) is 0 Å². The fourth-order valence-electron chi connectivity index (χ4n) is 1.57. The van der Waals surface area contributed by atoms with Crippen LogP contribution < -0.4 is 5.73 Å². The number of primary amides is 1. The van der Waals surface area contributed by atoms with E-state index in [0.29, 0.717) is 5.56 Å². The van der Waals surface area contributed by atoms with Crippen molar-refractivity contribution in [2.24, 2.45) is 10.8 Å². The van der Waals surface area contributed by atoms with Crippen LogP contribution in [0.1, 0.15) is 15.9 Å². The third kappa shape index (κ3) is 1.69. The zero-order valence-corrected chi connectivity index (χ0v) is 8.34. The lowest BCUT2D eigenvalue weighted by atomic mass is 10.1. The van der Waals surface area contributed by atoms with Gasteiger partial charge in [0.25, 0.3) is 0 Å². The molecule has 1 aromatic carbocycles. The molecule has 6 heteroatoms. The first-order chi connectivity index (χ1) is 7.72. The Bertz CT molecular complexity index is 594. The van der Waals surface area contributed by atoms with Crippen molar-refractivity contribution in [3.63, 3.8) is 0 Å². The Morgan fingerprint density at radius 1 is 1.56 bits per heavy atom. The summed E-state index contributed by atoms with van der Waals surface area (Å²) in [6.45, 7) is 0.249. The third-order valence-corrected chi connectivity index (χ3v) is 2.36. The molecule has 1 amide bonds. The molecule has 0 saturated carbocycles. The number of nitrogens with two attached hydrogens (primary N) is 1. The van der Waals surface area contributed by atoms with Gasteiger partial charge in [-0.2, -0.15) is 0 Å². The van der Waals surface area contributed by atoms with Crippen LogP contribution in [0.2, 0.25) is 0 Å². The average Bonchev–Trinajstić information content (AvgIpc) is 2.68. The number of carbonyl (C=O) groups excluding carboxylic acids is 1. The number of nitrogens with one attached hydrogen (secondary N) is 1. The van der Waals surface area contributed by atoms with Crippen molar-refractivity contribution in [2.45, 2.75) is 6.54 Å². The van der Waals surface area contributed by atoms with Crippen molar-refractivity contribution < 1.29 is 4.79 Å². The largest absolute Gasteiger partial charge is 0.366 e. The quantitative estimate of drug-likeness (QED) is 0.456. The van der Waals surface area contributed by atoms with Gasteiger partial charge in [-0.3, -0.25) is 4.79 Å². The topological polar surface area (TPSA) is 108 Å². The first-order valence-corrected chi connectivity index (χ1v) is 4.63. The van der Waals surface area contributed by atoms with E-state index in [2.05, 4.69) is 15.0 Å². The summed E-state index contributed by atoms with van der Waals surface area (Å²) >= 11 is 0. The number of benzene rings is 1. The summed E-state index contributed by atoms with van der Waals surface area (Å²) in [5, 5.41) is 4.33. The summed E-state index contributed by atoms with van der Waals surface area (Å²) in [6.07, 6.45) is 1.75. The van der Waals surface area contributed by atoms with Crippen LogP contribution in [0.4, 0.5) is 0 Å². The minimum atomic E-state index is -0.474. The molecule has 0 bridgehead atoms. The number of amides is 1. The highest BCUT2D eigenvalue weighted by Gasteiger charge is 2.06. The zero-order valence-electron chi connectivity index (χ0n) is 8.34. The SMILES string of the molecule is [N-]=[N+]=NCc1c[nH]c2ccc(C(N)=O)cc12. The predicted molar refractivity (Wildman–Crippen MR) is 59.7 cm³/mol. The number of hydrogen-bond donors (Lipinski definition) is 2. The number of carbonyl (C=O) groups is 1. The molecule has 0 saturated heterocycles. The number of nitrogens with zero attached hydrogens (tertiary/aromatic N) is 3. The molecule has 6 nitrogen and oxygen atoms in total. The normalized spacial score (nSPS) is 10.0. The van der Waals surface area contributed by atoms with Gasteiger partial charge >= 0.3 is 0 Å². The molecule has 2 rings (SSSR count). The van der Waals surface area contributed by atoms with Crippen molar-refractivity contribution in [2.75, 3.05) is 0 Å². The Balaban J connectivity index is 2.55. The van der Waals surface area contributed by atoms with Crippen LogP contribution in [0.25, 0.3) is 21.3 Å². The van der Waals surface area contributed by atoms with Crippen LogP contribution >= 0.6 is 0 Å². The maximum atomic E-state index is 11.0. The van der Waals surface area contributed by atoms with Gasteiger partial charge in [0.15, 0.2) is 0 Å². The average molecular weight is 215 g/mol. The maximum absolute atomic E-state index is 11.0. The molecule has 0 fully saturated rings. The molecule has 3 N–H and O–H groups in total. The number of H-pyrrole nitrogens is 1. The highest BCUT2D eigenvalue weighted by molar-refractivity contribution is 5.97. The molecule has 1 heterocycles. The second-order valence-electron chi connectivity index (χ2n) is 3.33. The van der Waals surface area contributed by atoms with Gasteiger partial charge in [0.05, 0.1) is 6.54 Å². The molecule has 2 aromatic rings. The Kier molecular flexibility index (Phi) is 2.49. The van der Waals surface area contributed by atoms with E-state index in [1.807, 2.05) is 0 Å². The first-order valence-electron chi connectivity index (χ1n) is 4.63. The molecule has 0 unspecified atom stereocenters. The fourth-order valence-corrected chi connectivity index (χ4v) is 1.57. The van der Waals surface area contributed by atoms with Gasteiger partial charge < -0.3 is 10.7 Å². The molecule has 1 aromatic heterocycles. The van der Waals surface area contributed by atoms with E-state index in [9.17, 15) is 4.79 Å². The number of aromatic nitrogens is 1. The van der Waals surface area contributed by atoms with Crippen LogP contribution in [-0.4, -0.2) is 10.9 Å². The minimum Gasteiger partial charge on any atom is -0.366 e. The standard InChI is InChI=1S/C10H9N5O/c11-10(16)6-1-2-9-8(3-6)7(4-13-9)5-14-15-12/h1-4,13H,5H2,(H2,11,16). The van der Waals surface area contributed by atoms with E-state index in [0.717, 1.165) is 16.5 Å². The first kappa shape index (κ1) is 10.1. The second-order valence-corrected chi connectivity index (χ2v) is 3.33. The molecule has 0 atom stereocenters. The number of fused-ring (bicyclic) bond motifs is 1. The molecule has 80 valence electrons. The van der Waals surface area contributed by atoms with Crippen molar-refractivity contribution >= 4 is 16.8 Å². The highest BCUT2D eigenvalue weighted by atomic mass is 16.1. The molecule has 0 spiro atoms. The number of azide groups is 1. The van der Waals surface area contributed by atoms with Gasteiger partial charge in [-0.05, 0) is 29.3 Å². The molecule has 0 aliphatic rings. The summed E-state index contributed by atoms with van der Waals surface area (Å²) in [4.78, 5) is 16.7. The smallest absolute Gasteiger partial charge is 0.248 e. The summed E-state index contributed by atoms with van der Waals surface area (Å²) in [5.41, 5.74) is 15.6. The van der Waals surface area contributed by atoms with E-state index >= 15 is 0 Å². The zero-order chi connectivity index (χ0) is 11.5. The van der Waals surface area contributed by atoms with Gasteiger partial charge in [-0.25, -0.2) is 0 Å². The van der Waals surface area contributed by atoms with Gasteiger partial charge in [-0.15, -0.1) is 0 Å². The monoisotopic (exact) mass is 215 g/mol. The number of aromatic amines is 1. The van der Waals surface area contributed by atoms with Gasteiger partial charge in [0.2, 0.25) is 5.91 Å². The van der Waals surface area contributed by atoms with Gasteiger partial charge in [0, 0.05) is 27.6 Å². The fraction of sp³-hybridized carbons (Fsp3) is 0.100. The summed E-state index contributed by atoms with van der Waals surface area (Å²) in [7, 11) is 0. The van der Waals surface area contributed by atoms with Crippen LogP contribution in [0.3, 0.4) is 0 Å². The Hall–Kier alpha value is -2.46. The summed E-state index contributed by atoms with van der Waals surface area (Å²) in [6, 6.07) is 5.11. The van der Waals surface area contributed by atoms with E-state index in [1.54, 1.807) is 24.4 Å². The third-order valence-electron chi connectivity index (χ3n) is 2.36. The van der Waals surface area contributed by atoms with Crippen molar-refractivity contribution in [1.82, 2.24) is 4.98 Å². The van der Waals surface area contributed by atoms with Crippen LogP contribution in [0, 0.1) is 0 Å². The summed E-state index contributed by atoms with van der Waals surface area (Å²) in [5.74, 6) is -0.474. The molecular weight excluding hydrogens is 206 g/mol. The van der Waals surface area contributed by atoms with Gasteiger partial charge in [0.1, 0.15) is 0 Å². The van der Waals surface area contributed by atoms with Crippen molar-refractivity contribution in [3.05, 3.63) is 46.0 Å². The molecule has 0 aliphatic heterocycles. The molecular formula is C10H9N5O. The Labute approximate surface area is 90.7 Å². The molecule has 0 aliphatic carbocycles. The predicted octanol–water partition coefficient (Wildman–Crippen LogP) is 2.08. The molecule has 0 radical (unpaired) electrons. The van der Waals surface area contributed by atoms with Crippen LogP contribution in [-0.2, 0) is 6.54 Å². The van der Waals surface area contributed by atoms with Gasteiger partial charge in [-0.1, -0.05) is 5.11 Å². The maximum Gasteiger partial charge on any atom is 0.248 e. The van der Waals surface area contributed by atoms with E-state index < -0.39 is 5.91 Å². The Morgan fingerprint density at radius 3 is 3.06 bits per heavy atom. The summed E-state index contributed by atoms with van der Waals surface area (Å²) < 4.78 is 0. The lowest BCUT2D eigenvalue weighted by molar-refractivity contribution is 0.100. The Morgan fingerprint density at radius 2 is 2.38 bits per heavy atom. The number of hydrogen-bond acceptors (Lipinski definition) is 2. The van der Waals surface area contributed by atoms with E-state index in [4.69, 9.17) is 11.3 Å². The lowest BCUT2D eigenvalue weighted by Gasteiger charge is -1.97.